The molecule has 2 atom stereocenters. The molecule has 2 unspecified atom stereocenters. The molecule has 0 aromatic carbocycles. The van der Waals surface area contributed by atoms with Crippen molar-refractivity contribution in [2.24, 2.45) is 0 Å². The molecule has 1 aliphatic rings. The van der Waals surface area contributed by atoms with Gasteiger partial charge in [0.2, 0.25) is 0 Å². The number of aromatic nitrogens is 1. The maximum absolute atomic E-state index is 5.63. The molecule has 1 aromatic rings. The summed E-state index contributed by atoms with van der Waals surface area (Å²) in [5, 5.41) is 3.49. The van der Waals surface area contributed by atoms with E-state index >= 15 is 0 Å². The van der Waals surface area contributed by atoms with Gasteiger partial charge in [-0.2, -0.15) is 0 Å². The number of hydrogen-bond donors (Lipinski definition) is 1. The van der Waals surface area contributed by atoms with E-state index in [0.29, 0.717) is 12.1 Å². The highest BCUT2D eigenvalue weighted by atomic mass is 16.5. The minimum absolute atomic E-state index is 0.395. The van der Waals surface area contributed by atoms with Crippen LogP contribution in [0.2, 0.25) is 0 Å². The summed E-state index contributed by atoms with van der Waals surface area (Å²) in [6.45, 7) is 4.01. The highest BCUT2D eigenvalue weighted by molar-refractivity contribution is 5.09. The molecule has 0 radical (unpaired) electrons. The van der Waals surface area contributed by atoms with E-state index < -0.39 is 0 Å². The molecule has 1 aliphatic heterocycles. The number of rotatable bonds is 4. The fourth-order valence-electron chi connectivity index (χ4n) is 1.91. The van der Waals surface area contributed by atoms with Crippen LogP contribution in [0.1, 0.15) is 25.3 Å². The second-order valence-electron chi connectivity index (χ2n) is 4.08. The van der Waals surface area contributed by atoms with E-state index in [9.17, 15) is 0 Å². The Kier molecular flexibility index (Phi) is 3.69. The first kappa shape index (κ1) is 10.6. The zero-order valence-electron chi connectivity index (χ0n) is 9.15. The van der Waals surface area contributed by atoms with Crippen LogP contribution >= 0.6 is 0 Å². The first-order valence-corrected chi connectivity index (χ1v) is 5.60. The minimum atomic E-state index is 0.395. The molecule has 1 N–H and O–H groups in total. The number of hydrogen-bond acceptors (Lipinski definition) is 3. The lowest BCUT2D eigenvalue weighted by molar-refractivity contribution is 0.0832. The van der Waals surface area contributed by atoms with Gasteiger partial charge in [0.15, 0.2) is 0 Å². The molecule has 0 amide bonds. The van der Waals surface area contributed by atoms with Gasteiger partial charge in [0.1, 0.15) is 0 Å². The minimum Gasteiger partial charge on any atom is -0.377 e. The Morgan fingerprint density at radius 3 is 3.00 bits per heavy atom. The Morgan fingerprint density at radius 1 is 1.53 bits per heavy atom. The molecule has 0 bridgehead atoms. The first-order chi connectivity index (χ1) is 7.36. The van der Waals surface area contributed by atoms with Crippen molar-refractivity contribution >= 4 is 0 Å². The molecule has 82 valence electrons. The van der Waals surface area contributed by atoms with Crippen molar-refractivity contribution in [2.45, 2.75) is 38.5 Å². The maximum atomic E-state index is 5.63. The topological polar surface area (TPSA) is 34.2 Å². The van der Waals surface area contributed by atoms with Crippen molar-refractivity contribution in [2.75, 3.05) is 6.61 Å². The Labute approximate surface area is 90.9 Å². The molecule has 3 heteroatoms. The van der Waals surface area contributed by atoms with E-state index in [2.05, 4.69) is 17.2 Å². The zero-order valence-corrected chi connectivity index (χ0v) is 9.15. The molecule has 2 heterocycles. The van der Waals surface area contributed by atoms with E-state index in [1.165, 1.54) is 18.4 Å². The van der Waals surface area contributed by atoms with Crippen molar-refractivity contribution in [3.63, 3.8) is 0 Å². The Morgan fingerprint density at radius 2 is 2.33 bits per heavy atom. The van der Waals surface area contributed by atoms with E-state index in [1.807, 2.05) is 24.5 Å². The highest BCUT2D eigenvalue weighted by Gasteiger charge is 2.21. The van der Waals surface area contributed by atoms with Gasteiger partial charge in [-0.15, -0.1) is 0 Å². The van der Waals surface area contributed by atoms with Crippen molar-refractivity contribution in [3.05, 3.63) is 30.1 Å². The van der Waals surface area contributed by atoms with Crippen LogP contribution in [0.4, 0.5) is 0 Å². The van der Waals surface area contributed by atoms with Gasteiger partial charge in [-0.1, -0.05) is 0 Å². The normalized spacial score (nSPS) is 22.9. The Hall–Kier alpha value is -0.930. The predicted molar refractivity (Wildman–Crippen MR) is 59.5 cm³/mol. The van der Waals surface area contributed by atoms with Crippen LogP contribution in [0, 0.1) is 0 Å². The molecule has 15 heavy (non-hydrogen) atoms. The number of nitrogens with one attached hydrogen (secondary N) is 1. The number of ether oxygens (including phenoxy) is 1. The molecule has 1 saturated heterocycles. The van der Waals surface area contributed by atoms with E-state index in [0.717, 1.165) is 13.2 Å². The molecule has 1 aromatic heterocycles. The van der Waals surface area contributed by atoms with Crippen LogP contribution in [-0.2, 0) is 11.3 Å². The lowest BCUT2D eigenvalue weighted by Crippen LogP contribution is -2.36. The molecular formula is C12H18N2O. The monoisotopic (exact) mass is 206 g/mol. The zero-order chi connectivity index (χ0) is 10.5. The van der Waals surface area contributed by atoms with Crippen LogP contribution in [0.25, 0.3) is 0 Å². The molecule has 0 aliphatic carbocycles. The van der Waals surface area contributed by atoms with Crippen LogP contribution in [0.5, 0.6) is 0 Å². The summed E-state index contributed by atoms with van der Waals surface area (Å²) >= 11 is 0. The van der Waals surface area contributed by atoms with Crippen molar-refractivity contribution in [3.8, 4) is 0 Å². The quantitative estimate of drug-likeness (QED) is 0.814. The summed E-state index contributed by atoms with van der Waals surface area (Å²) in [5.74, 6) is 0. The van der Waals surface area contributed by atoms with Crippen LogP contribution in [0.3, 0.4) is 0 Å². The third kappa shape index (κ3) is 3.01. The lowest BCUT2D eigenvalue weighted by atomic mass is 10.1. The summed E-state index contributed by atoms with van der Waals surface area (Å²) in [7, 11) is 0. The number of nitrogens with zero attached hydrogens (tertiary/aromatic N) is 1. The van der Waals surface area contributed by atoms with Gasteiger partial charge < -0.3 is 10.1 Å². The van der Waals surface area contributed by atoms with Gasteiger partial charge >= 0.3 is 0 Å². The SMILES string of the molecule is CC(NCc1ccncc1)C1CCCO1. The van der Waals surface area contributed by atoms with E-state index in [-0.39, 0.29) is 0 Å². The molecule has 0 spiro atoms. The van der Waals surface area contributed by atoms with Crippen LogP contribution in [0.15, 0.2) is 24.5 Å². The molecule has 2 rings (SSSR count). The smallest absolute Gasteiger partial charge is 0.0726 e. The third-order valence-corrected chi connectivity index (χ3v) is 2.90. The van der Waals surface area contributed by atoms with E-state index in [4.69, 9.17) is 4.74 Å². The van der Waals surface area contributed by atoms with Gasteiger partial charge in [0.05, 0.1) is 6.10 Å². The van der Waals surface area contributed by atoms with Gasteiger partial charge in [0, 0.05) is 31.6 Å². The highest BCUT2D eigenvalue weighted by Crippen LogP contribution is 2.15. The summed E-state index contributed by atoms with van der Waals surface area (Å²) < 4.78 is 5.63. The Balaban J connectivity index is 1.77. The van der Waals surface area contributed by atoms with Gasteiger partial charge in [0.25, 0.3) is 0 Å². The summed E-state index contributed by atoms with van der Waals surface area (Å²) in [5.41, 5.74) is 1.27. The largest absolute Gasteiger partial charge is 0.377 e. The summed E-state index contributed by atoms with van der Waals surface area (Å²) in [4.78, 5) is 4.00. The first-order valence-electron chi connectivity index (χ1n) is 5.60. The fraction of sp³-hybridized carbons (Fsp3) is 0.583. The van der Waals surface area contributed by atoms with Gasteiger partial charge in [-0.3, -0.25) is 4.98 Å². The van der Waals surface area contributed by atoms with Crippen LogP contribution in [-0.4, -0.2) is 23.7 Å². The third-order valence-electron chi connectivity index (χ3n) is 2.90. The standard InChI is InChI=1S/C12H18N2O/c1-10(12-3-2-8-15-12)14-9-11-4-6-13-7-5-11/h4-7,10,12,14H,2-3,8-9H2,1H3. The summed E-state index contributed by atoms with van der Waals surface area (Å²) in [6.07, 6.45) is 6.43. The molecular weight excluding hydrogens is 188 g/mol. The lowest BCUT2D eigenvalue weighted by Gasteiger charge is -2.19. The Bertz CT molecular complexity index is 283. The predicted octanol–water partition coefficient (Wildman–Crippen LogP) is 1.74. The average Bonchev–Trinajstić information content (AvgIpc) is 2.81. The number of pyridine rings is 1. The van der Waals surface area contributed by atoms with Crippen molar-refractivity contribution < 1.29 is 4.74 Å². The molecule has 3 nitrogen and oxygen atoms in total. The maximum Gasteiger partial charge on any atom is 0.0726 e. The second-order valence-corrected chi connectivity index (χ2v) is 4.08. The average molecular weight is 206 g/mol. The van der Waals surface area contributed by atoms with E-state index in [1.54, 1.807) is 0 Å². The second kappa shape index (κ2) is 5.24. The van der Waals surface area contributed by atoms with Gasteiger partial charge in [-0.25, -0.2) is 0 Å². The fourth-order valence-corrected chi connectivity index (χ4v) is 1.91. The van der Waals surface area contributed by atoms with Crippen molar-refractivity contribution in [1.82, 2.24) is 10.3 Å². The molecule has 0 saturated carbocycles. The molecule has 1 fully saturated rings. The van der Waals surface area contributed by atoms with Gasteiger partial charge in [-0.05, 0) is 37.5 Å². The van der Waals surface area contributed by atoms with Crippen LogP contribution < -0.4 is 5.32 Å². The van der Waals surface area contributed by atoms with Crippen molar-refractivity contribution in [1.29, 1.82) is 0 Å². The summed E-state index contributed by atoms with van der Waals surface area (Å²) in [6, 6.07) is 4.51.